The van der Waals surface area contributed by atoms with Crippen molar-refractivity contribution in [3.05, 3.63) is 85.3 Å². The lowest BCUT2D eigenvalue weighted by Gasteiger charge is -2.14. The Labute approximate surface area is 176 Å². The lowest BCUT2D eigenvalue weighted by molar-refractivity contribution is 0.411. The molecule has 0 saturated heterocycles. The minimum atomic E-state index is -0.621. The number of imidazole rings is 1. The summed E-state index contributed by atoms with van der Waals surface area (Å²) in [4.78, 5) is 43.5. The smallest absolute Gasteiger partial charge is 0.332 e. The van der Waals surface area contributed by atoms with Crippen LogP contribution in [0.4, 0.5) is 0 Å². The lowest BCUT2D eigenvalue weighted by Crippen LogP contribution is -2.39. The predicted molar refractivity (Wildman–Crippen MR) is 118 cm³/mol. The largest absolute Gasteiger partial charge is 0.494 e. The Bertz CT molecular complexity index is 1490. The van der Waals surface area contributed by atoms with Gasteiger partial charge in [-0.2, -0.15) is 4.98 Å². The second kappa shape index (κ2) is 7.75. The molecule has 0 bridgehead atoms. The van der Waals surface area contributed by atoms with Gasteiger partial charge in [-0.1, -0.05) is 49.8 Å². The summed E-state index contributed by atoms with van der Waals surface area (Å²) in [5.74, 6) is -0.0883. The minimum absolute atomic E-state index is 0.00288. The van der Waals surface area contributed by atoms with Crippen molar-refractivity contribution in [3.8, 4) is 5.88 Å². The van der Waals surface area contributed by atoms with E-state index in [-0.39, 0.29) is 41.5 Å². The Hall–Kier alpha value is -3.88. The minimum Gasteiger partial charge on any atom is -0.494 e. The Kier molecular flexibility index (Phi) is 5.10. The van der Waals surface area contributed by atoms with Gasteiger partial charge in [0.05, 0.1) is 12.1 Å². The van der Waals surface area contributed by atoms with Crippen LogP contribution in [0.15, 0.2) is 57.4 Å². The molecule has 0 unspecified atom stereocenters. The molecular weight excluding hydrogens is 398 g/mol. The van der Waals surface area contributed by atoms with Gasteiger partial charge in [-0.05, 0) is 12.0 Å². The quantitative estimate of drug-likeness (QED) is 0.474. The average Bonchev–Trinajstić information content (AvgIpc) is 3.17. The summed E-state index contributed by atoms with van der Waals surface area (Å²) in [6, 6.07) is 9.41. The Balaban J connectivity index is 2.22. The van der Waals surface area contributed by atoms with Crippen molar-refractivity contribution >= 4 is 16.9 Å². The van der Waals surface area contributed by atoms with Gasteiger partial charge in [0, 0.05) is 13.6 Å². The molecule has 0 aliphatic carbocycles. The Morgan fingerprint density at radius 3 is 2.45 bits per heavy atom. The molecule has 4 rings (SSSR count). The maximum absolute atomic E-state index is 13.3. The first-order valence-corrected chi connectivity index (χ1v) is 10.0. The standard InChI is InChI=1S/C22H23N5O4/c1-4-9-15-18(28)26(13-14-10-7-6-8-11-14)21-23-17-16(27(21)19(15)29)20(30)24(3)22(31)25(17)12-5-2/h5-8,10-11,28H,2,4,9,12-13H2,1,3H3. The van der Waals surface area contributed by atoms with Gasteiger partial charge in [0.25, 0.3) is 11.1 Å². The van der Waals surface area contributed by atoms with Gasteiger partial charge < -0.3 is 5.11 Å². The van der Waals surface area contributed by atoms with E-state index in [4.69, 9.17) is 0 Å². The zero-order valence-corrected chi connectivity index (χ0v) is 17.4. The maximum Gasteiger partial charge on any atom is 0.332 e. The molecule has 160 valence electrons. The first-order chi connectivity index (χ1) is 14.9. The van der Waals surface area contributed by atoms with Gasteiger partial charge in [-0.3, -0.25) is 23.3 Å². The molecule has 9 nitrogen and oxygen atoms in total. The third-order valence-corrected chi connectivity index (χ3v) is 5.35. The molecule has 31 heavy (non-hydrogen) atoms. The molecule has 1 aromatic carbocycles. The highest BCUT2D eigenvalue weighted by Gasteiger charge is 2.24. The zero-order valence-electron chi connectivity index (χ0n) is 17.4. The van der Waals surface area contributed by atoms with E-state index in [0.29, 0.717) is 12.8 Å². The van der Waals surface area contributed by atoms with Gasteiger partial charge in [-0.25, -0.2) is 9.20 Å². The molecule has 1 N–H and O–H groups in total. The summed E-state index contributed by atoms with van der Waals surface area (Å²) < 4.78 is 4.96. The zero-order chi connectivity index (χ0) is 22.3. The Morgan fingerprint density at radius 1 is 1.10 bits per heavy atom. The SMILES string of the molecule is C=CCn1c(=O)n(C)c(=O)c2c1nc1n(Cc3ccccc3)c(O)c(CCC)c(=O)n21. The van der Waals surface area contributed by atoms with Crippen molar-refractivity contribution in [2.45, 2.75) is 32.9 Å². The second-order valence-electron chi connectivity index (χ2n) is 7.39. The number of rotatable bonds is 6. The summed E-state index contributed by atoms with van der Waals surface area (Å²) >= 11 is 0. The summed E-state index contributed by atoms with van der Waals surface area (Å²) in [6.45, 7) is 5.92. The van der Waals surface area contributed by atoms with Gasteiger partial charge >= 0.3 is 5.69 Å². The maximum atomic E-state index is 13.3. The van der Waals surface area contributed by atoms with E-state index in [9.17, 15) is 19.5 Å². The van der Waals surface area contributed by atoms with Crippen LogP contribution >= 0.6 is 0 Å². The number of aromatic nitrogens is 5. The molecule has 0 fully saturated rings. The number of benzene rings is 1. The molecule has 9 heteroatoms. The van der Waals surface area contributed by atoms with Crippen LogP contribution in [0.1, 0.15) is 24.5 Å². The fraction of sp³-hybridized carbons (Fsp3) is 0.273. The van der Waals surface area contributed by atoms with E-state index < -0.39 is 16.8 Å². The van der Waals surface area contributed by atoms with Gasteiger partial charge in [-0.15, -0.1) is 6.58 Å². The van der Waals surface area contributed by atoms with E-state index in [2.05, 4.69) is 11.6 Å². The van der Waals surface area contributed by atoms with Crippen LogP contribution < -0.4 is 16.8 Å². The van der Waals surface area contributed by atoms with Crippen molar-refractivity contribution < 1.29 is 5.11 Å². The number of nitrogens with zero attached hydrogens (tertiary/aromatic N) is 5. The highest BCUT2D eigenvalue weighted by Crippen LogP contribution is 2.22. The third-order valence-electron chi connectivity index (χ3n) is 5.35. The summed E-state index contributed by atoms with van der Waals surface area (Å²) in [6.07, 6.45) is 2.48. The van der Waals surface area contributed by atoms with E-state index in [1.165, 1.54) is 26.7 Å². The van der Waals surface area contributed by atoms with Crippen LogP contribution in [-0.4, -0.2) is 28.2 Å². The van der Waals surface area contributed by atoms with Gasteiger partial charge in [0.15, 0.2) is 11.2 Å². The molecule has 3 heterocycles. The third kappa shape index (κ3) is 3.09. The molecule has 0 aliphatic heterocycles. The molecule has 0 amide bonds. The fourth-order valence-electron chi connectivity index (χ4n) is 3.83. The van der Waals surface area contributed by atoms with Crippen LogP contribution in [0.3, 0.4) is 0 Å². The fourth-order valence-corrected chi connectivity index (χ4v) is 3.83. The van der Waals surface area contributed by atoms with Gasteiger partial charge in [0.1, 0.15) is 0 Å². The molecule has 0 aliphatic rings. The van der Waals surface area contributed by atoms with E-state index in [0.717, 1.165) is 10.1 Å². The predicted octanol–water partition coefficient (Wildman–Crippen LogP) is 1.40. The highest BCUT2D eigenvalue weighted by atomic mass is 16.3. The van der Waals surface area contributed by atoms with E-state index in [1.54, 1.807) is 0 Å². The summed E-state index contributed by atoms with van der Waals surface area (Å²) in [5, 5.41) is 11.0. The summed E-state index contributed by atoms with van der Waals surface area (Å²) in [7, 11) is 1.36. The van der Waals surface area contributed by atoms with E-state index >= 15 is 0 Å². The molecule has 4 aromatic rings. The summed E-state index contributed by atoms with van der Waals surface area (Å²) in [5.41, 5.74) is -0.515. The lowest BCUT2D eigenvalue weighted by atomic mass is 10.1. The number of hydrogen-bond acceptors (Lipinski definition) is 5. The molecule has 0 saturated carbocycles. The molecule has 0 atom stereocenters. The van der Waals surface area contributed by atoms with Crippen LogP contribution in [0.5, 0.6) is 5.88 Å². The number of aromatic hydroxyl groups is 1. The van der Waals surface area contributed by atoms with Crippen LogP contribution in [0, 0.1) is 0 Å². The van der Waals surface area contributed by atoms with Gasteiger partial charge in [0.2, 0.25) is 11.7 Å². The monoisotopic (exact) mass is 421 g/mol. The first kappa shape index (κ1) is 20.4. The van der Waals surface area contributed by atoms with Crippen LogP contribution in [0.2, 0.25) is 0 Å². The first-order valence-electron chi connectivity index (χ1n) is 10.0. The normalized spacial score (nSPS) is 11.4. The van der Waals surface area contributed by atoms with Crippen LogP contribution in [-0.2, 0) is 26.6 Å². The van der Waals surface area contributed by atoms with E-state index in [1.807, 2.05) is 37.3 Å². The average molecular weight is 421 g/mol. The van der Waals surface area contributed by atoms with Crippen molar-refractivity contribution in [2.75, 3.05) is 0 Å². The topological polar surface area (TPSA) is 104 Å². The van der Waals surface area contributed by atoms with Crippen molar-refractivity contribution in [3.63, 3.8) is 0 Å². The molecular formula is C22H23N5O4. The van der Waals surface area contributed by atoms with Crippen molar-refractivity contribution in [1.29, 1.82) is 0 Å². The Morgan fingerprint density at radius 2 is 1.81 bits per heavy atom. The molecule has 0 radical (unpaired) electrons. The van der Waals surface area contributed by atoms with Crippen molar-refractivity contribution in [1.82, 2.24) is 23.1 Å². The molecule has 3 aromatic heterocycles. The number of allylic oxidation sites excluding steroid dienone is 1. The number of fused-ring (bicyclic) bond motifs is 3. The highest BCUT2D eigenvalue weighted by molar-refractivity contribution is 5.76. The number of hydrogen-bond donors (Lipinski definition) is 1. The second-order valence-corrected chi connectivity index (χ2v) is 7.39. The van der Waals surface area contributed by atoms with Crippen LogP contribution in [0.25, 0.3) is 16.9 Å². The van der Waals surface area contributed by atoms with Crippen molar-refractivity contribution in [2.24, 2.45) is 7.05 Å². The molecule has 0 spiro atoms.